The van der Waals surface area contributed by atoms with E-state index in [4.69, 9.17) is 16.3 Å². The van der Waals surface area contributed by atoms with Crippen molar-refractivity contribution in [2.75, 3.05) is 7.11 Å². The molecular formula is C14H15ClN4O4. The Morgan fingerprint density at radius 3 is 3.00 bits per heavy atom. The summed E-state index contributed by atoms with van der Waals surface area (Å²) >= 11 is 6.02. The average molecular weight is 339 g/mol. The number of rotatable bonds is 4. The van der Waals surface area contributed by atoms with Crippen molar-refractivity contribution in [2.45, 2.75) is 31.8 Å². The quantitative estimate of drug-likeness (QED) is 0.896. The van der Waals surface area contributed by atoms with Crippen LogP contribution in [-0.2, 0) is 17.8 Å². The molecule has 0 fully saturated rings. The zero-order valence-electron chi connectivity index (χ0n) is 12.4. The Kier molecular flexibility index (Phi) is 4.08. The monoisotopic (exact) mass is 338 g/mol. The molecule has 0 amide bonds. The maximum absolute atomic E-state index is 12.5. The minimum atomic E-state index is -1.01. The van der Waals surface area contributed by atoms with E-state index in [1.54, 1.807) is 12.3 Å². The van der Waals surface area contributed by atoms with Crippen molar-refractivity contribution in [1.29, 1.82) is 0 Å². The van der Waals surface area contributed by atoms with E-state index in [1.165, 1.54) is 16.4 Å². The molecule has 8 nitrogen and oxygen atoms in total. The highest BCUT2D eigenvalue weighted by molar-refractivity contribution is 6.31. The third kappa shape index (κ3) is 2.81. The molecule has 3 heterocycles. The number of pyridine rings is 1. The third-order valence-electron chi connectivity index (χ3n) is 3.81. The Labute approximate surface area is 136 Å². The number of carboxylic acids is 1. The summed E-state index contributed by atoms with van der Waals surface area (Å²) in [4.78, 5) is 27.8. The van der Waals surface area contributed by atoms with Gasteiger partial charge < -0.3 is 9.84 Å². The molecule has 1 N–H and O–H groups in total. The summed E-state index contributed by atoms with van der Waals surface area (Å²) in [5, 5.41) is 13.9. The first-order valence-corrected chi connectivity index (χ1v) is 7.48. The zero-order chi connectivity index (χ0) is 16.6. The number of hydrogen-bond acceptors (Lipinski definition) is 5. The van der Waals surface area contributed by atoms with Crippen LogP contribution in [0.3, 0.4) is 0 Å². The highest BCUT2D eigenvalue weighted by Gasteiger charge is 2.30. The van der Waals surface area contributed by atoms with Gasteiger partial charge in [-0.2, -0.15) is 5.10 Å². The van der Waals surface area contributed by atoms with E-state index >= 15 is 0 Å². The molecule has 1 aliphatic rings. The van der Waals surface area contributed by atoms with Crippen LogP contribution >= 0.6 is 11.6 Å². The van der Waals surface area contributed by atoms with Crippen molar-refractivity contribution in [3.63, 3.8) is 0 Å². The molecule has 23 heavy (non-hydrogen) atoms. The second-order valence-corrected chi connectivity index (χ2v) is 5.71. The fourth-order valence-corrected chi connectivity index (χ4v) is 3.01. The van der Waals surface area contributed by atoms with Crippen molar-refractivity contribution >= 4 is 17.6 Å². The van der Waals surface area contributed by atoms with Gasteiger partial charge in [-0.05, 0) is 24.5 Å². The van der Waals surface area contributed by atoms with Crippen LogP contribution in [-0.4, -0.2) is 37.5 Å². The van der Waals surface area contributed by atoms with Crippen LogP contribution in [0.2, 0.25) is 5.02 Å². The first-order valence-electron chi connectivity index (χ1n) is 7.10. The summed E-state index contributed by atoms with van der Waals surface area (Å²) < 4.78 is 7.50. The molecule has 3 rings (SSSR count). The van der Waals surface area contributed by atoms with E-state index in [1.807, 2.05) is 0 Å². The highest BCUT2D eigenvalue weighted by Crippen LogP contribution is 2.23. The number of carbonyl (C=O) groups is 1. The van der Waals surface area contributed by atoms with E-state index in [9.17, 15) is 14.7 Å². The number of halogens is 1. The van der Waals surface area contributed by atoms with Gasteiger partial charge in [-0.25, -0.2) is 19.3 Å². The predicted molar refractivity (Wildman–Crippen MR) is 81.0 cm³/mol. The molecule has 2 aromatic rings. The number of carboxylic acid groups (broad SMARTS) is 1. The third-order valence-corrected chi connectivity index (χ3v) is 4.08. The van der Waals surface area contributed by atoms with Gasteiger partial charge in [0.2, 0.25) is 5.88 Å². The maximum Gasteiger partial charge on any atom is 0.347 e. The molecule has 9 heteroatoms. The van der Waals surface area contributed by atoms with Gasteiger partial charge in [0.15, 0.2) is 0 Å². The van der Waals surface area contributed by atoms with Crippen molar-refractivity contribution in [1.82, 2.24) is 19.3 Å². The largest absolute Gasteiger partial charge is 0.480 e. The molecule has 0 aromatic carbocycles. The van der Waals surface area contributed by atoms with Crippen LogP contribution in [0.4, 0.5) is 0 Å². The molecule has 2 aromatic heterocycles. The van der Waals surface area contributed by atoms with Gasteiger partial charge >= 0.3 is 11.7 Å². The normalized spacial score (nSPS) is 16.9. The van der Waals surface area contributed by atoms with E-state index in [0.29, 0.717) is 41.6 Å². The number of hydrogen-bond donors (Lipinski definition) is 1. The number of methoxy groups -OCH3 is 1. The summed E-state index contributed by atoms with van der Waals surface area (Å²) in [6, 6.07) is 0.796. The smallest absolute Gasteiger partial charge is 0.347 e. The van der Waals surface area contributed by atoms with Crippen LogP contribution in [0, 0.1) is 0 Å². The second kappa shape index (κ2) is 6.04. The van der Waals surface area contributed by atoms with Gasteiger partial charge in [0, 0.05) is 12.6 Å². The van der Waals surface area contributed by atoms with Gasteiger partial charge in [0.25, 0.3) is 0 Å². The molecule has 122 valence electrons. The standard InChI is InChI=1S/C14H15ClN4O4/c1-23-12-9(15)5-8(6-16-12)7-18-14(22)19-10(13(20)21)3-2-4-11(19)17-18/h5-6,10H,2-4,7H2,1H3,(H,20,21)/t10-/m0/s1. The fourth-order valence-electron chi connectivity index (χ4n) is 2.74. The van der Waals surface area contributed by atoms with Crippen LogP contribution in [0.25, 0.3) is 0 Å². The molecule has 1 aliphatic heterocycles. The molecular weight excluding hydrogens is 324 g/mol. The van der Waals surface area contributed by atoms with Crippen molar-refractivity contribution < 1.29 is 14.6 Å². The first-order chi connectivity index (χ1) is 11.0. The predicted octanol–water partition coefficient (Wildman–Crippen LogP) is 1.11. The van der Waals surface area contributed by atoms with Gasteiger partial charge in [0.1, 0.15) is 16.9 Å². The minimum Gasteiger partial charge on any atom is -0.480 e. The van der Waals surface area contributed by atoms with Crippen LogP contribution in [0.15, 0.2) is 17.1 Å². The topological polar surface area (TPSA) is 99.2 Å². The Balaban J connectivity index is 1.95. The molecule has 0 radical (unpaired) electrons. The average Bonchev–Trinajstić information content (AvgIpc) is 2.84. The molecule has 0 spiro atoms. The van der Waals surface area contributed by atoms with Crippen molar-refractivity contribution in [2.24, 2.45) is 0 Å². The first kappa shape index (κ1) is 15.5. The Bertz CT molecular complexity index is 814. The summed E-state index contributed by atoms with van der Waals surface area (Å²) in [6.07, 6.45) is 3.27. The van der Waals surface area contributed by atoms with Crippen LogP contribution in [0.1, 0.15) is 30.3 Å². The molecule has 0 saturated carbocycles. The lowest BCUT2D eigenvalue weighted by molar-refractivity contribution is -0.141. The summed E-state index contributed by atoms with van der Waals surface area (Å²) in [6.45, 7) is 0.169. The van der Waals surface area contributed by atoms with E-state index in [2.05, 4.69) is 10.1 Å². The molecule has 0 aliphatic carbocycles. The van der Waals surface area contributed by atoms with E-state index < -0.39 is 17.7 Å². The van der Waals surface area contributed by atoms with E-state index in [0.717, 1.165) is 0 Å². The number of aromatic nitrogens is 4. The Hall–Kier alpha value is -2.35. The van der Waals surface area contributed by atoms with Crippen molar-refractivity contribution in [3.05, 3.63) is 39.2 Å². The number of aliphatic carboxylic acids is 1. The summed E-state index contributed by atoms with van der Waals surface area (Å²) in [7, 11) is 1.47. The Morgan fingerprint density at radius 2 is 2.35 bits per heavy atom. The number of nitrogens with zero attached hydrogens (tertiary/aromatic N) is 4. The number of aryl methyl sites for hydroxylation is 1. The lowest BCUT2D eigenvalue weighted by atomic mass is 10.1. The fraction of sp³-hybridized carbons (Fsp3) is 0.429. The number of fused-ring (bicyclic) bond motifs is 1. The minimum absolute atomic E-state index is 0.169. The zero-order valence-corrected chi connectivity index (χ0v) is 13.2. The lowest BCUT2D eigenvalue weighted by Crippen LogP contribution is -2.34. The number of ether oxygens (including phenoxy) is 1. The Morgan fingerprint density at radius 1 is 1.57 bits per heavy atom. The molecule has 0 unspecified atom stereocenters. The van der Waals surface area contributed by atoms with Gasteiger partial charge in [-0.3, -0.25) is 4.57 Å². The van der Waals surface area contributed by atoms with Crippen LogP contribution < -0.4 is 10.4 Å². The SMILES string of the molecule is COc1ncc(Cn2nc3n(c2=O)[C@H](C(=O)O)CCC3)cc1Cl. The second-order valence-electron chi connectivity index (χ2n) is 5.31. The molecule has 0 saturated heterocycles. The van der Waals surface area contributed by atoms with Crippen molar-refractivity contribution in [3.8, 4) is 5.88 Å². The van der Waals surface area contributed by atoms with Gasteiger partial charge in [0.05, 0.1) is 13.7 Å². The molecule has 1 atom stereocenters. The summed E-state index contributed by atoms with van der Waals surface area (Å²) in [5.74, 6) is -0.208. The lowest BCUT2D eigenvalue weighted by Gasteiger charge is -2.19. The molecule has 0 bridgehead atoms. The van der Waals surface area contributed by atoms with Gasteiger partial charge in [-0.15, -0.1) is 0 Å². The highest BCUT2D eigenvalue weighted by atomic mass is 35.5. The van der Waals surface area contributed by atoms with Crippen LogP contribution in [0.5, 0.6) is 5.88 Å². The van der Waals surface area contributed by atoms with Gasteiger partial charge in [-0.1, -0.05) is 11.6 Å². The summed E-state index contributed by atoms with van der Waals surface area (Å²) in [5.41, 5.74) is 0.249. The van der Waals surface area contributed by atoms with E-state index in [-0.39, 0.29) is 6.54 Å². The maximum atomic E-state index is 12.5.